The van der Waals surface area contributed by atoms with E-state index in [1.807, 2.05) is 6.92 Å². The maximum Gasteiger partial charge on any atom is 0.163 e. The van der Waals surface area contributed by atoms with E-state index in [-0.39, 0.29) is 5.78 Å². The molecule has 0 saturated heterocycles. The van der Waals surface area contributed by atoms with Crippen LogP contribution < -0.4 is 0 Å². The van der Waals surface area contributed by atoms with Crippen LogP contribution in [0.1, 0.15) is 39.4 Å². The molecule has 0 bridgehead atoms. The van der Waals surface area contributed by atoms with Gasteiger partial charge in [0.25, 0.3) is 0 Å². The minimum absolute atomic E-state index is 0.112. The van der Waals surface area contributed by atoms with Gasteiger partial charge < -0.3 is 0 Å². The normalized spacial score (nSPS) is 10.2. The number of nitrogens with zero attached hydrogens (tertiary/aromatic N) is 3. The highest BCUT2D eigenvalue weighted by molar-refractivity contribution is 5.91. The molecule has 0 atom stereocenters. The van der Waals surface area contributed by atoms with Gasteiger partial charge in [-0.3, -0.25) is 4.79 Å². The topological polar surface area (TPSA) is 47.8 Å². The van der Waals surface area contributed by atoms with E-state index in [1.54, 1.807) is 10.8 Å². The number of rotatable bonds is 6. The van der Waals surface area contributed by atoms with Crippen molar-refractivity contribution < 1.29 is 4.79 Å². The van der Waals surface area contributed by atoms with Crippen LogP contribution in [0.4, 0.5) is 0 Å². The molecule has 1 heterocycles. The third kappa shape index (κ3) is 3.29. The minimum atomic E-state index is 0.112. The Morgan fingerprint density at radius 3 is 2.62 bits per heavy atom. The molecule has 0 amide bonds. The second-order valence-electron chi connectivity index (χ2n) is 3.64. The lowest BCUT2D eigenvalue weighted by Crippen LogP contribution is -2.09. The number of aryl methyl sites for hydroxylation is 1. The fourth-order valence-electron chi connectivity index (χ4n) is 1.58. The second kappa shape index (κ2) is 6.20. The summed E-state index contributed by atoms with van der Waals surface area (Å²) >= 11 is 0. The maximum absolute atomic E-state index is 11.7. The first-order valence-electron chi connectivity index (χ1n) is 5.80. The third-order valence-electron chi connectivity index (χ3n) is 2.60. The van der Waals surface area contributed by atoms with E-state index in [0.717, 1.165) is 25.2 Å². The standard InChI is InChI=1S/C12H19N3O/c1-4-10(5-2)7-11(16)8-12-13-9-14-15(12)6-3/h7,9H,4-6,8H2,1-3H3. The molecule has 0 N–H and O–H groups in total. The predicted molar refractivity (Wildman–Crippen MR) is 63.1 cm³/mol. The molecule has 1 rings (SSSR count). The van der Waals surface area contributed by atoms with Crippen LogP contribution in [0.25, 0.3) is 0 Å². The molecular formula is C12H19N3O. The van der Waals surface area contributed by atoms with Gasteiger partial charge in [-0.1, -0.05) is 19.4 Å². The Kier molecular flexibility index (Phi) is 4.89. The lowest BCUT2D eigenvalue weighted by atomic mass is 10.1. The van der Waals surface area contributed by atoms with Crippen molar-refractivity contribution >= 4 is 5.78 Å². The van der Waals surface area contributed by atoms with E-state index < -0.39 is 0 Å². The number of ketones is 1. The average Bonchev–Trinajstić information content (AvgIpc) is 2.73. The smallest absolute Gasteiger partial charge is 0.163 e. The van der Waals surface area contributed by atoms with Crippen molar-refractivity contribution in [1.29, 1.82) is 0 Å². The molecule has 4 nitrogen and oxygen atoms in total. The molecule has 0 aliphatic carbocycles. The fourth-order valence-corrected chi connectivity index (χ4v) is 1.58. The zero-order chi connectivity index (χ0) is 12.0. The van der Waals surface area contributed by atoms with Crippen molar-refractivity contribution in [3.63, 3.8) is 0 Å². The summed E-state index contributed by atoms with van der Waals surface area (Å²) in [4.78, 5) is 15.8. The first-order valence-corrected chi connectivity index (χ1v) is 5.80. The molecule has 0 radical (unpaired) electrons. The van der Waals surface area contributed by atoms with Crippen molar-refractivity contribution in [3.05, 3.63) is 23.8 Å². The molecule has 0 fully saturated rings. The molecule has 0 saturated carbocycles. The van der Waals surface area contributed by atoms with Crippen molar-refractivity contribution in [2.45, 2.75) is 46.6 Å². The number of hydrogen-bond acceptors (Lipinski definition) is 3. The van der Waals surface area contributed by atoms with Crippen LogP contribution in [0.3, 0.4) is 0 Å². The van der Waals surface area contributed by atoms with Crippen LogP contribution in [0.5, 0.6) is 0 Å². The second-order valence-corrected chi connectivity index (χ2v) is 3.64. The van der Waals surface area contributed by atoms with Crippen molar-refractivity contribution in [1.82, 2.24) is 14.8 Å². The summed E-state index contributed by atoms with van der Waals surface area (Å²) in [6.07, 6.45) is 5.45. The van der Waals surface area contributed by atoms with Crippen LogP contribution in [0.15, 0.2) is 18.0 Å². The van der Waals surface area contributed by atoms with Gasteiger partial charge in [0, 0.05) is 6.54 Å². The van der Waals surface area contributed by atoms with E-state index >= 15 is 0 Å². The Hall–Kier alpha value is -1.45. The molecule has 1 aromatic rings. The Balaban J connectivity index is 2.68. The van der Waals surface area contributed by atoms with Crippen LogP contribution in [0.2, 0.25) is 0 Å². The molecule has 0 unspecified atom stereocenters. The average molecular weight is 221 g/mol. The first kappa shape index (κ1) is 12.6. The molecule has 0 aliphatic heterocycles. The summed E-state index contributed by atoms with van der Waals surface area (Å²) in [6.45, 7) is 6.87. The van der Waals surface area contributed by atoms with Gasteiger partial charge in [-0.2, -0.15) is 5.10 Å². The number of aromatic nitrogens is 3. The van der Waals surface area contributed by atoms with Crippen LogP contribution in [-0.4, -0.2) is 20.5 Å². The van der Waals surface area contributed by atoms with Gasteiger partial charge in [0.1, 0.15) is 12.2 Å². The Bertz CT molecular complexity index is 373. The van der Waals surface area contributed by atoms with Gasteiger partial charge in [0.05, 0.1) is 6.42 Å². The van der Waals surface area contributed by atoms with E-state index in [2.05, 4.69) is 23.9 Å². The lowest BCUT2D eigenvalue weighted by molar-refractivity contribution is -0.114. The molecular weight excluding hydrogens is 202 g/mol. The summed E-state index contributed by atoms with van der Waals surface area (Å²) in [5, 5.41) is 4.04. The van der Waals surface area contributed by atoms with E-state index in [9.17, 15) is 4.79 Å². The van der Waals surface area contributed by atoms with Crippen LogP contribution in [0, 0.1) is 0 Å². The molecule has 16 heavy (non-hydrogen) atoms. The van der Waals surface area contributed by atoms with Crippen molar-refractivity contribution in [2.75, 3.05) is 0 Å². The van der Waals surface area contributed by atoms with Crippen molar-refractivity contribution in [2.24, 2.45) is 0 Å². The molecule has 0 spiro atoms. The number of carbonyl (C=O) groups is 1. The monoisotopic (exact) mass is 221 g/mol. The van der Waals surface area contributed by atoms with Gasteiger partial charge in [0.2, 0.25) is 0 Å². The summed E-state index contributed by atoms with van der Waals surface area (Å²) < 4.78 is 1.75. The molecule has 1 aromatic heterocycles. The maximum atomic E-state index is 11.7. The van der Waals surface area contributed by atoms with Crippen LogP contribution >= 0.6 is 0 Å². The Morgan fingerprint density at radius 1 is 1.38 bits per heavy atom. The lowest BCUT2D eigenvalue weighted by Gasteiger charge is -2.02. The highest BCUT2D eigenvalue weighted by atomic mass is 16.1. The van der Waals surface area contributed by atoms with Gasteiger partial charge >= 0.3 is 0 Å². The van der Waals surface area contributed by atoms with Gasteiger partial charge in [-0.25, -0.2) is 9.67 Å². The number of hydrogen-bond donors (Lipinski definition) is 0. The molecule has 88 valence electrons. The van der Waals surface area contributed by atoms with Crippen molar-refractivity contribution in [3.8, 4) is 0 Å². The van der Waals surface area contributed by atoms with Gasteiger partial charge in [-0.05, 0) is 25.8 Å². The zero-order valence-electron chi connectivity index (χ0n) is 10.2. The minimum Gasteiger partial charge on any atom is -0.294 e. The highest BCUT2D eigenvalue weighted by Crippen LogP contribution is 2.06. The Labute approximate surface area is 96.4 Å². The quantitative estimate of drug-likeness (QED) is 0.691. The third-order valence-corrected chi connectivity index (χ3v) is 2.60. The number of allylic oxidation sites excluding steroid dienone is 2. The highest BCUT2D eigenvalue weighted by Gasteiger charge is 2.07. The molecule has 0 aliphatic rings. The first-order chi connectivity index (χ1) is 7.71. The summed E-state index contributed by atoms with van der Waals surface area (Å²) in [7, 11) is 0. The number of carbonyl (C=O) groups excluding carboxylic acids is 1. The van der Waals surface area contributed by atoms with E-state index in [0.29, 0.717) is 6.42 Å². The van der Waals surface area contributed by atoms with Crippen LogP contribution in [-0.2, 0) is 17.8 Å². The van der Waals surface area contributed by atoms with E-state index in [1.165, 1.54) is 11.9 Å². The van der Waals surface area contributed by atoms with Gasteiger partial charge in [-0.15, -0.1) is 0 Å². The van der Waals surface area contributed by atoms with Gasteiger partial charge in [0.15, 0.2) is 5.78 Å². The largest absolute Gasteiger partial charge is 0.294 e. The fraction of sp³-hybridized carbons (Fsp3) is 0.583. The Morgan fingerprint density at radius 2 is 2.06 bits per heavy atom. The predicted octanol–water partition coefficient (Wildman–Crippen LogP) is 2.16. The molecule has 4 heteroatoms. The molecule has 0 aromatic carbocycles. The summed E-state index contributed by atoms with van der Waals surface area (Å²) in [5.41, 5.74) is 1.19. The van der Waals surface area contributed by atoms with E-state index in [4.69, 9.17) is 0 Å². The SMILES string of the molecule is CCC(=CC(=O)Cc1ncnn1CC)CC. The zero-order valence-corrected chi connectivity index (χ0v) is 10.2. The summed E-state index contributed by atoms with van der Waals surface area (Å²) in [6, 6.07) is 0. The summed E-state index contributed by atoms with van der Waals surface area (Å²) in [5.74, 6) is 0.858.